The van der Waals surface area contributed by atoms with Crippen LogP contribution in [0.4, 0.5) is 0 Å². The molecule has 0 aromatic heterocycles. The molecule has 0 amide bonds. The number of nitrogens with zero attached hydrogens (tertiary/aromatic N) is 1. The van der Waals surface area contributed by atoms with Gasteiger partial charge in [-0.2, -0.15) is 0 Å². The molecular weight excluding hydrogens is 212 g/mol. The van der Waals surface area contributed by atoms with E-state index in [9.17, 15) is 8.42 Å². The summed E-state index contributed by atoms with van der Waals surface area (Å²) in [4.78, 5) is 2.00. The molecule has 0 aliphatic heterocycles. The minimum atomic E-state index is -2.87. The first kappa shape index (κ1) is 14.4. The van der Waals surface area contributed by atoms with Crippen molar-refractivity contribution in [2.75, 3.05) is 38.7 Å². The quantitative estimate of drug-likeness (QED) is 0.478. The van der Waals surface area contributed by atoms with Crippen LogP contribution < -0.4 is 5.32 Å². The Balaban J connectivity index is 3.79. The fourth-order valence-electron chi connectivity index (χ4n) is 1.04. The number of rotatable bonds is 7. The zero-order chi connectivity index (χ0) is 11.9. The molecule has 0 radical (unpaired) electrons. The van der Waals surface area contributed by atoms with E-state index in [1.54, 1.807) is 0 Å². The standard InChI is InChI=1S/C10H20N2O2S/c1-5-6-11-9-10(2)12(3)7-8-15(4,13)14/h1,10-11H,6-9H2,2-4H3. The summed E-state index contributed by atoms with van der Waals surface area (Å²) in [6.45, 7) is 3.90. The second-order valence-corrected chi connectivity index (χ2v) is 6.05. The molecule has 0 saturated heterocycles. The second kappa shape index (κ2) is 6.83. The van der Waals surface area contributed by atoms with Gasteiger partial charge in [-0.3, -0.25) is 0 Å². The third-order valence-electron chi connectivity index (χ3n) is 2.23. The van der Waals surface area contributed by atoms with Gasteiger partial charge in [0.05, 0.1) is 12.3 Å². The summed E-state index contributed by atoms with van der Waals surface area (Å²) in [6, 6.07) is 0.278. The molecule has 1 N–H and O–H groups in total. The molecule has 0 aromatic carbocycles. The first-order valence-electron chi connectivity index (χ1n) is 4.89. The van der Waals surface area contributed by atoms with E-state index in [-0.39, 0.29) is 11.8 Å². The average molecular weight is 232 g/mol. The third kappa shape index (κ3) is 8.43. The summed E-state index contributed by atoms with van der Waals surface area (Å²) in [5.74, 6) is 2.69. The molecule has 0 saturated carbocycles. The van der Waals surface area contributed by atoms with Crippen LogP contribution in [0.1, 0.15) is 6.92 Å². The van der Waals surface area contributed by atoms with Gasteiger partial charge < -0.3 is 10.2 Å². The number of likely N-dealkylation sites (N-methyl/N-ethyl adjacent to an activating group) is 1. The zero-order valence-electron chi connectivity index (χ0n) is 9.66. The van der Waals surface area contributed by atoms with Gasteiger partial charge in [0.2, 0.25) is 0 Å². The van der Waals surface area contributed by atoms with E-state index < -0.39 is 9.84 Å². The van der Waals surface area contributed by atoms with E-state index in [1.165, 1.54) is 6.26 Å². The lowest BCUT2D eigenvalue weighted by Crippen LogP contribution is -2.40. The Labute approximate surface area is 93.0 Å². The summed E-state index contributed by atoms with van der Waals surface area (Å²) in [5.41, 5.74) is 0. The smallest absolute Gasteiger partial charge is 0.148 e. The fourth-order valence-corrected chi connectivity index (χ4v) is 1.66. The highest BCUT2D eigenvalue weighted by Crippen LogP contribution is 1.95. The van der Waals surface area contributed by atoms with Crippen LogP contribution in [-0.4, -0.2) is 58.1 Å². The maximum atomic E-state index is 10.9. The molecule has 1 unspecified atom stereocenters. The van der Waals surface area contributed by atoms with Crippen molar-refractivity contribution in [3.05, 3.63) is 0 Å². The van der Waals surface area contributed by atoms with Crippen LogP contribution in [-0.2, 0) is 9.84 Å². The minimum absolute atomic E-state index is 0.197. The lowest BCUT2D eigenvalue weighted by Gasteiger charge is -2.24. The van der Waals surface area contributed by atoms with Crippen molar-refractivity contribution in [1.82, 2.24) is 10.2 Å². The van der Waals surface area contributed by atoms with Gasteiger partial charge in [-0.1, -0.05) is 5.92 Å². The summed E-state index contributed by atoms with van der Waals surface area (Å²) in [6.07, 6.45) is 6.35. The highest BCUT2D eigenvalue weighted by Gasteiger charge is 2.10. The first-order chi connectivity index (χ1) is 6.87. The predicted octanol–water partition coefficient (Wildman–Crippen LogP) is -0.426. The zero-order valence-corrected chi connectivity index (χ0v) is 10.5. The number of nitrogens with one attached hydrogen (secondary N) is 1. The molecule has 88 valence electrons. The Morgan fingerprint density at radius 1 is 1.53 bits per heavy atom. The molecule has 0 fully saturated rings. The summed E-state index contributed by atoms with van der Waals surface area (Å²) in [7, 11) is -0.962. The van der Waals surface area contributed by atoms with Gasteiger partial charge in [0, 0.05) is 25.4 Å². The molecule has 1 atom stereocenters. The number of hydrogen-bond donors (Lipinski definition) is 1. The van der Waals surface area contributed by atoms with Crippen molar-refractivity contribution in [3.63, 3.8) is 0 Å². The van der Waals surface area contributed by atoms with Gasteiger partial charge in [0.25, 0.3) is 0 Å². The maximum absolute atomic E-state index is 10.9. The monoisotopic (exact) mass is 232 g/mol. The Bertz CT molecular complexity index is 306. The molecule has 0 bridgehead atoms. The van der Waals surface area contributed by atoms with Crippen molar-refractivity contribution in [3.8, 4) is 12.3 Å². The Hall–Kier alpha value is -0.570. The summed E-state index contributed by atoms with van der Waals surface area (Å²) in [5, 5.41) is 3.09. The lowest BCUT2D eigenvalue weighted by molar-refractivity contribution is 0.266. The molecular formula is C10H20N2O2S. The third-order valence-corrected chi connectivity index (χ3v) is 3.16. The van der Waals surface area contributed by atoms with Crippen LogP contribution in [0.2, 0.25) is 0 Å². The topological polar surface area (TPSA) is 49.4 Å². The van der Waals surface area contributed by atoms with E-state index >= 15 is 0 Å². The first-order valence-corrected chi connectivity index (χ1v) is 6.95. The number of terminal acetylenes is 1. The van der Waals surface area contributed by atoms with Crippen LogP contribution in [0, 0.1) is 12.3 Å². The van der Waals surface area contributed by atoms with Gasteiger partial charge in [0.15, 0.2) is 0 Å². The molecule has 0 heterocycles. The van der Waals surface area contributed by atoms with Crippen molar-refractivity contribution in [1.29, 1.82) is 0 Å². The van der Waals surface area contributed by atoms with E-state index in [1.807, 2.05) is 18.9 Å². The number of hydrogen-bond acceptors (Lipinski definition) is 4. The minimum Gasteiger partial charge on any atom is -0.305 e. The Morgan fingerprint density at radius 2 is 2.13 bits per heavy atom. The van der Waals surface area contributed by atoms with Crippen LogP contribution in [0.5, 0.6) is 0 Å². The highest BCUT2D eigenvalue weighted by molar-refractivity contribution is 7.90. The van der Waals surface area contributed by atoms with Gasteiger partial charge in [-0.05, 0) is 14.0 Å². The molecule has 5 heteroatoms. The van der Waals surface area contributed by atoms with Crippen LogP contribution in [0.15, 0.2) is 0 Å². The highest BCUT2D eigenvalue weighted by atomic mass is 32.2. The Morgan fingerprint density at radius 3 is 2.60 bits per heavy atom. The van der Waals surface area contributed by atoms with Crippen LogP contribution >= 0.6 is 0 Å². The van der Waals surface area contributed by atoms with Crippen LogP contribution in [0.25, 0.3) is 0 Å². The van der Waals surface area contributed by atoms with Gasteiger partial charge in [0.1, 0.15) is 9.84 Å². The molecule has 4 nitrogen and oxygen atoms in total. The van der Waals surface area contributed by atoms with E-state index in [2.05, 4.69) is 11.2 Å². The van der Waals surface area contributed by atoms with E-state index in [0.717, 1.165) is 6.54 Å². The maximum Gasteiger partial charge on any atom is 0.148 e. The van der Waals surface area contributed by atoms with Crippen molar-refractivity contribution < 1.29 is 8.42 Å². The number of sulfone groups is 1. The summed E-state index contributed by atoms with van der Waals surface area (Å²) < 4.78 is 21.9. The molecule has 0 aliphatic rings. The second-order valence-electron chi connectivity index (χ2n) is 3.79. The van der Waals surface area contributed by atoms with E-state index in [0.29, 0.717) is 13.1 Å². The normalized spacial score (nSPS) is 13.8. The molecule has 0 aromatic rings. The van der Waals surface area contributed by atoms with Crippen molar-refractivity contribution >= 4 is 9.84 Å². The van der Waals surface area contributed by atoms with Gasteiger partial charge in [-0.25, -0.2) is 8.42 Å². The molecule has 15 heavy (non-hydrogen) atoms. The summed E-state index contributed by atoms with van der Waals surface area (Å²) >= 11 is 0. The Kier molecular flexibility index (Phi) is 6.57. The lowest BCUT2D eigenvalue weighted by atomic mass is 10.3. The van der Waals surface area contributed by atoms with Gasteiger partial charge in [-0.15, -0.1) is 6.42 Å². The fraction of sp³-hybridized carbons (Fsp3) is 0.800. The van der Waals surface area contributed by atoms with Gasteiger partial charge >= 0.3 is 0 Å². The predicted molar refractivity (Wildman–Crippen MR) is 63.5 cm³/mol. The molecule has 0 spiro atoms. The van der Waals surface area contributed by atoms with Crippen LogP contribution in [0.3, 0.4) is 0 Å². The van der Waals surface area contributed by atoms with E-state index in [4.69, 9.17) is 6.42 Å². The average Bonchev–Trinajstić information content (AvgIpc) is 2.13. The molecule has 0 rings (SSSR count). The van der Waals surface area contributed by atoms with Crippen molar-refractivity contribution in [2.24, 2.45) is 0 Å². The molecule has 0 aliphatic carbocycles. The largest absolute Gasteiger partial charge is 0.305 e. The van der Waals surface area contributed by atoms with Crippen molar-refractivity contribution in [2.45, 2.75) is 13.0 Å². The SMILES string of the molecule is C#CCNCC(C)N(C)CCS(C)(=O)=O.